The number of allylic oxidation sites excluding steroid dienone is 2. The molecule has 4 atom stereocenters. The largest absolute Gasteiger partial charge is 0.466 e. The van der Waals surface area contributed by atoms with Crippen molar-refractivity contribution in [3.63, 3.8) is 0 Å². The molecule has 5 nitrogen and oxygen atoms in total. The van der Waals surface area contributed by atoms with Crippen LogP contribution in [0.5, 0.6) is 0 Å². The van der Waals surface area contributed by atoms with Gasteiger partial charge in [-0.2, -0.15) is 0 Å². The zero-order valence-electron chi connectivity index (χ0n) is 17.6. The second-order valence-electron chi connectivity index (χ2n) is 9.44. The van der Waals surface area contributed by atoms with Crippen molar-refractivity contribution in [1.82, 2.24) is 0 Å². The molecule has 1 saturated carbocycles. The summed E-state index contributed by atoms with van der Waals surface area (Å²) in [7, 11) is 2.74. The summed E-state index contributed by atoms with van der Waals surface area (Å²) >= 11 is 0. The van der Waals surface area contributed by atoms with Gasteiger partial charge in [-0.15, -0.1) is 0 Å². The number of carbonyl (C=O) groups excluding carboxylic acids is 2. The van der Waals surface area contributed by atoms with E-state index < -0.39 is 17.4 Å². The highest BCUT2D eigenvalue weighted by Crippen LogP contribution is 2.63. The van der Waals surface area contributed by atoms with Crippen molar-refractivity contribution in [2.24, 2.45) is 27.7 Å². The Morgan fingerprint density at radius 3 is 2.32 bits per heavy atom. The van der Waals surface area contributed by atoms with Gasteiger partial charge in [-0.25, -0.2) is 9.59 Å². The first-order valence-electron chi connectivity index (χ1n) is 10.4. The Balaban J connectivity index is 1.98. The Morgan fingerprint density at radius 2 is 1.71 bits per heavy atom. The van der Waals surface area contributed by atoms with Gasteiger partial charge in [0.15, 0.2) is 0 Å². The molecule has 1 aliphatic heterocycles. The van der Waals surface area contributed by atoms with Crippen molar-refractivity contribution in [2.75, 3.05) is 14.2 Å². The standard InChI is InChI=1S/C23H31NO4/c1-14-13-23(10-7-6-8-11-23)24-20-21(2)12-9-15(22(14,20)3)16(18(25)27-4)17(21)19(26)28-5/h9,12,14-15H,6-8,10-11,13H2,1-5H3/t14-,15+,21-,22-/m0/s1. The van der Waals surface area contributed by atoms with Gasteiger partial charge in [0.1, 0.15) is 0 Å². The number of hydrogen-bond acceptors (Lipinski definition) is 5. The number of hydrogen-bond donors (Lipinski definition) is 0. The highest BCUT2D eigenvalue weighted by Gasteiger charge is 2.64. The van der Waals surface area contributed by atoms with E-state index in [4.69, 9.17) is 14.5 Å². The molecule has 5 heteroatoms. The fourth-order valence-electron chi connectivity index (χ4n) is 6.44. The maximum atomic E-state index is 12.8. The van der Waals surface area contributed by atoms with Crippen molar-refractivity contribution >= 4 is 17.7 Å². The molecule has 1 fully saturated rings. The molecule has 5 aliphatic rings. The van der Waals surface area contributed by atoms with Gasteiger partial charge in [0, 0.05) is 17.0 Å². The second-order valence-corrected chi connectivity index (χ2v) is 9.44. The minimum atomic E-state index is -0.737. The summed E-state index contributed by atoms with van der Waals surface area (Å²) in [5.74, 6) is -0.763. The Labute approximate surface area is 167 Å². The third kappa shape index (κ3) is 2.34. The summed E-state index contributed by atoms with van der Waals surface area (Å²) in [5.41, 5.74) is 0.860. The minimum absolute atomic E-state index is 0.0203. The van der Waals surface area contributed by atoms with Crippen LogP contribution in [0.2, 0.25) is 0 Å². The van der Waals surface area contributed by atoms with Gasteiger partial charge in [0.05, 0.1) is 36.3 Å². The molecule has 0 unspecified atom stereocenters. The minimum Gasteiger partial charge on any atom is -0.466 e. The van der Waals surface area contributed by atoms with Crippen molar-refractivity contribution in [1.29, 1.82) is 0 Å². The number of rotatable bonds is 2. The first-order chi connectivity index (χ1) is 13.2. The van der Waals surface area contributed by atoms with Crippen LogP contribution < -0.4 is 0 Å². The summed E-state index contributed by atoms with van der Waals surface area (Å²) < 4.78 is 10.2. The molecule has 2 bridgehead atoms. The number of aliphatic imine (C=N–C) groups is 1. The fraction of sp³-hybridized carbons (Fsp3) is 0.696. The molecule has 0 radical (unpaired) electrons. The van der Waals surface area contributed by atoms with Crippen molar-refractivity contribution in [3.8, 4) is 0 Å². The molecule has 0 aromatic rings. The van der Waals surface area contributed by atoms with Crippen LogP contribution in [0.15, 0.2) is 28.3 Å². The van der Waals surface area contributed by atoms with Crippen LogP contribution in [0.1, 0.15) is 59.3 Å². The molecular formula is C23H31NO4. The summed E-state index contributed by atoms with van der Waals surface area (Å²) in [4.78, 5) is 31.1. The van der Waals surface area contributed by atoms with Crippen molar-refractivity contribution < 1.29 is 19.1 Å². The molecule has 1 heterocycles. The fourth-order valence-corrected chi connectivity index (χ4v) is 6.44. The quantitative estimate of drug-likeness (QED) is 0.532. The lowest BCUT2D eigenvalue weighted by Crippen LogP contribution is -2.61. The van der Waals surface area contributed by atoms with Gasteiger partial charge in [0.2, 0.25) is 0 Å². The van der Waals surface area contributed by atoms with E-state index >= 15 is 0 Å². The van der Waals surface area contributed by atoms with E-state index in [-0.39, 0.29) is 16.9 Å². The lowest BCUT2D eigenvalue weighted by molar-refractivity contribution is -0.141. The van der Waals surface area contributed by atoms with E-state index in [9.17, 15) is 9.59 Å². The summed E-state index contributed by atoms with van der Waals surface area (Å²) in [6, 6.07) is 0. The molecule has 0 N–H and O–H groups in total. The lowest BCUT2D eigenvalue weighted by Gasteiger charge is -2.60. The van der Waals surface area contributed by atoms with Crippen LogP contribution in [-0.4, -0.2) is 37.4 Å². The molecule has 4 aliphatic carbocycles. The Bertz CT molecular complexity index is 816. The summed E-state index contributed by atoms with van der Waals surface area (Å²) in [6.45, 7) is 6.52. The maximum absolute atomic E-state index is 12.8. The van der Waals surface area contributed by atoms with Crippen molar-refractivity contribution in [3.05, 3.63) is 23.3 Å². The smallest absolute Gasteiger partial charge is 0.335 e. The first-order valence-corrected chi connectivity index (χ1v) is 10.4. The molecule has 0 aromatic heterocycles. The predicted molar refractivity (Wildman–Crippen MR) is 107 cm³/mol. The summed E-state index contributed by atoms with van der Waals surface area (Å²) in [5, 5.41) is 0. The highest BCUT2D eigenvalue weighted by atomic mass is 16.5. The van der Waals surface area contributed by atoms with E-state index in [0.29, 0.717) is 17.1 Å². The van der Waals surface area contributed by atoms with Crippen LogP contribution >= 0.6 is 0 Å². The van der Waals surface area contributed by atoms with Gasteiger partial charge in [-0.05, 0) is 32.1 Å². The highest BCUT2D eigenvalue weighted by molar-refractivity contribution is 6.15. The van der Waals surface area contributed by atoms with Crippen LogP contribution in [0.25, 0.3) is 0 Å². The Hall–Kier alpha value is -1.91. The second kappa shape index (κ2) is 6.30. The summed E-state index contributed by atoms with van der Waals surface area (Å²) in [6.07, 6.45) is 11.1. The third-order valence-electron chi connectivity index (χ3n) is 8.01. The number of esters is 2. The zero-order chi connectivity index (χ0) is 20.3. The molecule has 152 valence electrons. The SMILES string of the molecule is COC(=O)C1=C(C(=O)OC)[C@]2(C)C=C[C@H]1[C@@]1(C)C2=NC2(CCCCC2)C[C@@H]1C. The van der Waals surface area contributed by atoms with Gasteiger partial charge < -0.3 is 9.47 Å². The van der Waals surface area contributed by atoms with E-state index in [0.717, 1.165) is 25.0 Å². The Kier molecular flexibility index (Phi) is 4.36. The number of carbonyl (C=O) groups is 2. The molecular weight excluding hydrogens is 354 g/mol. The molecule has 28 heavy (non-hydrogen) atoms. The maximum Gasteiger partial charge on any atom is 0.335 e. The Morgan fingerprint density at radius 1 is 1.07 bits per heavy atom. The normalized spacial score (nSPS) is 38.1. The van der Waals surface area contributed by atoms with Crippen molar-refractivity contribution in [2.45, 2.75) is 64.8 Å². The molecule has 0 amide bonds. The topological polar surface area (TPSA) is 65.0 Å². The average molecular weight is 386 g/mol. The molecule has 0 saturated heterocycles. The molecule has 1 spiro atoms. The van der Waals surface area contributed by atoms with Gasteiger partial charge >= 0.3 is 11.9 Å². The average Bonchev–Trinajstić information content (AvgIpc) is 2.69. The predicted octanol–water partition coefficient (Wildman–Crippen LogP) is 4.02. The van der Waals surface area contributed by atoms with E-state index in [1.165, 1.54) is 33.5 Å². The number of ether oxygens (including phenoxy) is 2. The lowest BCUT2D eigenvalue weighted by atomic mass is 9.45. The molecule has 0 aromatic carbocycles. The zero-order valence-corrected chi connectivity index (χ0v) is 17.6. The number of methoxy groups -OCH3 is 2. The van der Waals surface area contributed by atoms with Crippen LogP contribution in [0, 0.1) is 22.7 Å². The van der Waals surface area contributed by atoms with Crippen LogP contribution in [0.3, 0.4) is 0 Å². The third-order valence-corrected chi connectivity index (χ3v) is 8.01. The van der Waals surface area contributed by atoms with Gasteiger partial charge in [-0.1, -0.05) is 45.3 Å². The van der Waals surface area contributed by atoms with Gasteiger partial charge in [0.25, 0.3) is 0 Å². The van der Waals surface area contributed by atoms with Crippen LogP contribution in [0.4, 0.5) is 0 Å². The first kappa shape index (κ1) is 19.4. The number of nitrogens with zero attached hydrogens (tertiary/aromatic N) is 1. The molecule has 5 rings (SSSR count). The van der Waals surface area contributed by atoms with Crippen LogP contribution in [-0.2, 0) is 19.1 Å². The van der Waals surface area contributed by atoms with E-state index in [1.807, 2.05) is 6.92 Å². The van der Waals surface area contributed by atoms with E-state index in [1.54, 1.807) is 0 Å². The van der Waals surface area contributed by atoms with E-state index in [2.05, 4.69) is 26.0 Å². The monoisotopic (exact) mass is 385 g/mol. The van der Waals surface area contributed by atoms with Gasteiger partial charge in [-0.3, -0.25) is 4.99 Å².